The first kappa shape index (κ1) is 17.8. The van der Waals surface area contributed by atoms with Crippen molar-refractivity contribution in [3.05, 3.63) is 47.0 Å². The topological polar surface area (TPSA) is 70.6 Å². The van der Waals surface area contributed by atoms with E-state index in [2.05, 4.69) is 10.6 Å². The average molecular weight is 339 g/mol. The van der Waals surface area contributed by atoms with Gasteiger partial charge in [0.2, 0.25) is 0 Å². The lowest BCUT2D eigenvalue weighted by molar-refractivity contribution is 0.181. The third-order valence-electron chi connectivity index (χ3n) is 3.91. The average Bonchev–Trinajstić information content (AvgIpc) is 2.99. The van der Waals surface area contributed by atoms with Crippen LogP contribution in [0, 0.1) is 5.92 Å². The predicted octanol–water partition coefficient (Wildman–Crippen LogP) is 2.65. The lowest BCUT2D eigenvalue weighted by Crippen LogP contribution is -2.42. The van der Waals surface area contributed by atoms with Gasteiger partial charge < -0.3 is 20.5 Å². The first-order chi connectivity index (χ1) is 11.1. The maximum absolute atomic E-state index is 12.2. The molecule has 1 aromatic rings. The van der Waals surface area contributed by atoms with Crippen LogP contribution in [-0.4, -0.2) is 37.5 Å². The van der Waals surface area contributed by atoms with E-state index >= 15 is 0 Å². The fourth-order valence-electron chi connectivity index (χ4n) is 2.64. The SMILES string of the molecule is COCCC(NC(=O)N[C@@H]1C=C[C@H](CO)C1)c1ccc(Cl)cc1. The van der Waals surface area contributed by atoms with Crippen molar-refractivity contribution in [3.63, 3.8) is 0 Å². The van der Waals surface area contributed by atoms with Gasteiger partial charge in [-0.25, -0.2) is 4.79 Å². The van der Waals surface area contributed by atoms with Gasteiger partial charge >= 0.3 is 6.03 Å². The molecule has 0 spiro atoms. The van der Waals surface area contributed by atoms with Gasteiger partial charge in [-0.3, -0.25) is 0 Å². The van der Waals surface area contributed by atoms with E-state index in [9.17, 15) is 4.79 Å². The Kier molecular flexibility index (Phi) is 6.89. The van der Waals surface area contributed by atoms with Crippen LogP contribution < -0.4 is 10.6 Å². The summed E-state index contributed by atoms with van der Waals surface area (Å²) >= 11 is 5.91. The summed E-state index contributed by atoms with van der Waals surface area (Å²) in [4.78, 5) is 12.2. The molecule has 1 aliphatic carbocycles. The number of carbonyl (C=O) groups excluding carboxylic acids is 1. The molecular formula is C17H23ClN2O3. The number of aliphatic hydroxyl groups is 1. The Morgan fingerprint density at radius 1 is 1.39 bits per heavy atom. The van der Waals surface area contributed by atoms with Crippen molar-refractivity contribution >= 4 is 17.6 Å². The van der Waals surface area contributed by atoms with Crippen LogP contribution in [0.15, 0.2) is 36.4 Å². The number of amides is 2. The smallest absolute Gasteiger partial charge is 0.315 e. The summed E-state index contributed by atoms with van der Waals surface area (Å²) in [6.07, 6.45) is 5.26. The van der Waals surface area contributed by atoms with Crippen molar-refractivity contribution in [2.45, 2.75) is 24.9 Å². The number of ether oxygens (including phenoxy) is 1. The lowest BCUT2D eigenvalue weighted by Gasteiger charge is -2.21. The maximum Gasteiger partial charge on any atom is 0.315 e. The molecule has 0 bridgehead atoms. The Balaban J connectivity index is 1.93. The van der Waals surface area contributed by atoms with E-state index < -0.39 is 0 Å². The van der Waals surface area contributed by atoms with E-state index in [-0.39, 0.29) is 30.6 Å². The van der Waals surface area contributed by atoms with E-state index in [0.717, 1.165) is 12.0 Å². The number of rotatable bonds is 7. The molecule has 0 aliphatic heterocycles. The minimum atomic E-state index is -0.228. The van der Waals surface area contributed by atoms with E-state index in [1.54, 1.807) is 7.11 Å². The molecule has 5 nitrogen and oxygen atoms in total. The van der Waals surface area contributed by atoms with Gasteiger partial charge in [-0.2, -0.15) is 0 Å². The van der Waals surface area contributed by atoms with Crippen LogP contribution in [0.1, 0.15) is 24.4 Å². The highest BCUT2D eigenvalue weighted by atomic mass is 35.5. The van der Waals surface area contributed by atoms with Crippen LogP contribution in [0.2, 0.25) is 5.02 Å². The minimum absolute atomic E-state index is 0.0413. The van der Waals surface area contributed by atoms with E-state index in [1.807, 2.05) is 36.4 Å². The summed E-state index contributed by atoms with van der Waals surface area (Å²) in [7, 11) is 1.64. The Hall–Kier alpha value is -1.56. The monoisotopic (exact) mass is 338 g/mol. The van der Waals surface area contributed by atoms with Crippen molar-refractivity contribution in [1.29, 1.82) is 0 Å². The highest BCUT2D eigenvalue weighted by molar-refractivity contribution is 6.30. The number of hydrogen-bond acceptors (Lipinski definition) is 3. The van der Waals surface area contributed by atoms with Gasteiger partial charge in [0, 0.05) is 37.3 Å². The van der Waals surface area contributed by atoms with Crippen molar-refractivity contribution in [1.82, 2.24) is 10.6 Å². The Morgan fingerprint density at radius 3 is 2.74 bits per heavy atom. The normalized spacial score (nSPS) is 21.2. The fraction of sp³-hybridized carbons (Fsp3) is 0.471. The van der Waals surface area contributed by atoms with Gasteiger partial charge in [0.25, 0.3) is 0 Å². The Morgan fingerprint density at radius 2 is 2.13 bits per heavy atom. The van der Waals surface area contributed by atoms with Gasteiger partial charge in [0.05, 0.1) is 6.04 Å². The summed E-state index contributed by atoms with van der Waals surface area (Å²) in [5.41, 5.74) is 0.983. The zero-order chi connectivity index (χ0) is 16.7. The molecule has 126 valence electrons. The number of urea groups is 1. The molecule has 0 heterocycles. The second-order valence-corrected chi connectivity index (χ2v) is 6.11. The third-order valence-corrected chi connectivity index (χ3v) is 4.16. The van der Waals surface area contributed by atoms with Crippen molar-refractivity contribution in [2.24, 2.45) is 5.92 Å². The van der Waals surface area contributed by atoms with Crippen LogP contribution in [0.5, 0.6) is 0 Å². The molecule has 1 aliphatic rings. The van der Waals surface area contributed by atoms with Gasteiger partial charge in [0.15, 0.2) is 0 Å². The molecule has 0 radical (unpaired) electrons. The first-order valence-corrected chi connectivity index (χ1v) is 8.10. The zero-order valence-corrected chi connectivity index (χ0v) is 13.9. The number of carbonyl (C=O) groups is 1. The highest BCUT2D eigenvalue weighted by Crippen LogP contribution is 2.20. The molecule has 0 saturated carbocycles. The molecule has 6 heteroatoms. The maximum atomic E-state index is 12.2. The van der Waals surface area contributed by atoms with Crippen LogP contribution in [0.3, 0.4) is 0 Å². The molecule has 3 N–H and O–H groups in total. The van der Waals surface area contributed by atoms with Crippen molar-refractivity contribution in [2.75, 3.05) is 20.3 Å². The number of hydrogen-bond donors (Lipinski definition) is 3. The molecule has 2 rings (SSSR count). The van der Waals surface area contributed by atoms with Crippen molar-refractivity contribution in [3.8, 4) is 0 Å². The third kappa shape index (κ3) is 5.53. The molecule has 1 unspecified atom stereocenters. The minimum Gasteiger partial charge on any atom is -0.396 e. The number of aliphatic hydroxyl groups excluding tert-OH is 1. The summed E-state index contributed by atoms with van der Waals surface area (Å²) in [6.45, 7) is 0.654. The van der Waals surface area contributed by atoms with Crippen molar-refractivity contribution < 1.29 is 14.6 Å². The predicted molar refractivity (Wildman–Crippen MR) is 90.5 cm³/mol. The number of methoxy groups -OCH3 is 1. The molecular weight excluding hydrogens is 316 g/mol. The van der Waals surface area contributed by atoms with E-state index in [1.165, 1.54) is 0 Å². The van der Waals surface area contributed by atoms with Crippen LogP contribution in [0.25, 0.3) is 0 Å². The lowest BCUT2D eigenvalue weighted by atomic mass is 10.0. The van der Waals surface area contributed by atoms with E-state index in [4.69, 9.17) is 21.4 Å². The molecule has 1 aromatic carbocycles. The first-order valence-electron chi connectivity index (χ1n) is 7.73. The molecule has 0 fully saturated rings. The molecule has 23 heavy (non-hydrogen) atoms. The number of nitrogens with one attached hydrogen (secondary N) is 2. The Bertz CT molecular complexity index is 533. The van der Waals surface area contributed by atoms with Gasteiger partial charge in [-0.15, -0.1) is 0 Å². The highest BCUT2D eigenvalue weighted by Gasteiger charge is 2.21. The molecule has 2 amide bonds. The summed E-state index contributed by atoms with van der Waals surface area (Å²) in [5, 5.41) is 15.7. The van der Waals surface area contributed by atoms with Gasteiger partial charge in [-0.05, 0) is 30.5 Å². The summed E-state index contributed by atoms with van der Waals surface area (Å²) in [5.74, 6) is 0.126. The summed E-state index contributed by atoms with van der Waals surface area (Å²) < 4.78 is 5.12. The fourth-order valence-corrected chi connectivity index (χ4v) is 2.76. The summed E-state index contributed by atoms with van der Waals surface area (Å²) in [6, 6.07) is 7.00. The standard InChI is InChI=1S/C17H23ClN2O3/c1-23-9-8-16(13-3-5-14(18)6-4-13)20-17(22)19-15-7-2-12(10-15)11-21/h2-7,12,15-16,21H,8-11H2,1H3,(H2,19,20,22)/t12-,15+,16?/m0/s1. The van der Waals surface area contributed by atoms with Crippen LogP contribution in [0.4, 0.5) is 4.79 Å². The van der Waals surface area contributed by atoms with Gasteiger partial charge in [-0.1, -0.05) is 35.9 Å². The van der Waals surface area contributed by atoms with Gasteiger partial charge in [0.1, 0.15) is 0 Å². The quantitative estimate of drug-likeness (QED) is 0.669. The Labute approximate surface area is 141 Å². The second-order valence-electron chi connectivity index (χ2n) is 5.67. The zero-order valence-electron chi connectivity index (χ0n) is 13.2. The molecule has 0 saturated heterocycles. The van der Waals surface area contributed by atoms with Crippen LogP contribution >= 0.6 is 11.6 Å². The number of halogens is 1. The van der Waals surface area contributed by atoms with Crippen LogP contribution in [-0.2, 0) is 4.74 Å². The largest absolute Gasteiger partial charge is 0.396 e. The number of benzene rings is 1. The molecule has 3 atom stereocenters. The molecule has 0 aromatic heterocycles. The van der Waals surface area contributed by atoms with E-state index in [0.29, 0.717) is 18.1 Å². The second kappa shape index (κ2) is 8.91.